The molecule has 0 spiro atoms. The highest BCUT2D eigenvalue weighted by Gasteiger charge is 2.22. The normalized spacial score (nSPS) is 16.2. The van der Waals surface area contributed by atoms with E-state index in [2.05, 4.69) is 22.3 Å². The minimum Gasteiger partial charge on any atom is -0.379 e. The Balaban J connectivity index is 1.49. The molecule has 1 saturated heterocycles. The van der Waals surface area contributed by atoms with Crippen LogP contribution in [0, 0.1) is 0 Å². The molecule has 1 fully saturated rings. The van der Waals surface area contributed by atoms with Crippen molar-refractivity contribution < 1.29 is 14.3 Å². The molecule has 1 N–H and O–H groups in total. The molecule has 1 heterocycles. The highest BCUT2D eigenvalue weighted by Crippen LogP contribution is 2.20. The predicted molar refractivity (Wildman–Crippen MR) is 101 cm³/mol. The molecule has 0 radical (unpaired) electrons. The number of hydrogen-bond acceptors (Lipinski definition) is 4. The maximum atomic E-state index is 12.2. The summed E-state index contributed by atoms with van der Waals surface area (Å²) < 4.78 is 11.0. The Bertz CT molecular complexity index is 657. The molecule has 0 aromatic heterocycles. The fraction of sp³-hybridized carbons (Fsp3) is 0.381. The van der Waals surface area contributed by atoms with E-state index < -0.39 is 0 Å². The van der Waals surface area contributed by atoms with Crippen LogP contribution in [0.2, 0.25) is 0 Å². The Kier molecular flexibility index (Phi) is 7.19. The number of carbonyl (C=O) groups is 1. The van der Waals surface area contributed by atoms with Gasteiger partial charge in [0.25, 0.3) is 0 Å². The summed E-state index contributed by atoms with van der Waals surface area (Å²) in [5, 5.41) is 3.02. The van der Waals surface area contributed by atoms with E-state index in [1.165, 1.54) is 5.56 Å². The van der Waals surface area contributed by atoms with Gasteiger partial charge in [0.05, 0.1) is 25.9 Å². The molecule has 1 aliphatic rings. The van der Waals surface area contributed by atoms with Crippen LogP contribution in [0.1, 0.15) is 17.2 Å². The smallest absolute Gasteiger partial charge is 0.246 e. The lowest BCUT2D eigenvalue weighted by Crippen LogP contribution is -2.44. The lowest BCUT2D eigenvalue weighted by Gasteiger charge is -2.34. The Labute approximate surface area is 154 Å². The number of rotatable bonds is 8. The van der Waals surface area contributed by atoms with E-state index >= 15 is 0 Å². The number of carbonyl (C=O) groups excluding carboxylic acids is 1. The van der Waals surface area contributed by atoms with E-state index in [4.69, 9.17) is 9.47 Å². The summed E-state index contributed by atoms with van der Waals surface area (Å²) in [6.45, 7) is 4.30. The fourth-order valence-electron chi connectivity index (χ4n) is 3.12. The van der Waals surface area contributed by atoms with Gasteiger partial charge in [-0.1, -0.05) is 60.7 Å². The molecule has 0 saturated carbocycles. The molecule has 1 atom stereocenters. The Morgan fingerprint density at radius 2 is 1.69 bits per heavy atom. The Morgan fingerprint density at radius 1 is 1.04 bits per heavy atom. The van der Waals surface area contributed by atoms with Gasteiger partial charge in [0.2, 0.25) is 5.91 Å². The van der Waals surface area contributed by atoms with Crippen molar-refractivity contribution in [3.8, 4) is 0 Å². The van der Waals surface area contributed by atoms with Crippen LogP contribution >= 0.6 is 0 Å². The lowest BCUT2D eigenvalue weighted by atomic mass is 10.0. The van der Waals surface area contributed by atoms with Gasteiger partial charge in [0.1, 0.15) is 6.61 Å². The van der Waals surface area contributed by atoms with Crippen LogP contribution in [0.3, 0.4) is 0 Å². The number of hydrogen-bond donors (Lipinski definition) is 1. The average Bonchev–Trinajstić information content (AvgIpc) is 2.71. The first-order chi connectivity index (χ1) is 12.8. The van der Waals surface area contributed by atoms with E-state index in [0.717, 1.165) is 31.9 Å². The van der Waals surface area contributed by atoms with Crippen molar-refractivity contribution in [3.63, 3.8) is 0 Å². The van der Waals surface area contributed by atoms with Gasteiger partial charge < -0.3 is 14.8 Å². The zero-order valence-electron chi connectivity index (χ0n) is 15.0. The summed E-state index contributed by atoms with van der Waals surface area (Å²) in [5.74, 6) is -0.0879. The summed E-state index contributed by atoms with van der Waals surface area (Å²) in [7, 11) is 0. The maximum Gasteiger partial charge on any atom is 0.246 e. The Morgan fingerprint density at radius 3 is 2.38 bits per heavy atom. The van der Waals surface area contributed by atoms with Crippen molar-refractivity contribution in [1.29, 1.82) is 0 Å². The quantitative estimate of drug-likeness (QED) is 0.791. The summed E-state index contributed by atoms with van der Waals surface area (Å²) in [6, 6.07) is 20.3. The molecule has 1 aliphatic heterocycles. The predicted octanol–water partition coefficient (Wildman–Crippen LogP) is 2.39. The molecule has 0 bridgehead atoms. The third kappa shape index (κ3) is 5.66. The standard InChI is InChI=1S/C21H26N2O3/c24-21(17-26-16-18-7-3-1-4-8-18)22-15-20(19-9-5-2-6-10-19)23-11-13-25-14-12-23/h1-10,20H,11-17H2,(H,22,24). The number of ether oxygens (including phenoxy) is 2. The molecular formula is C21H26N2O3. The van der Waals surface area contributed by atoms with Gasteiger partial charge in [-0.25, -0.2) is 0 Å². The SMILES string of the molecule is O=C(COCc1ccccc1)NCC(c1ccccc1)N1CCOCC1. The second kappa shape index (κ2) is 10.1. The van der Waals surface area contributed by atoms with Crippen molar-refractivity contribution in [2.75, 3.05) is 39.5 Å². The van der Waals surface area contributed by atoms with E-state index in [-0.39, 0.29) is 18.6 Å². The molecule has 26 heavy (non-hydrogen) atoms. The van der Waals surface area contributed by atoms with Crippen molar-refractivity contribution in [2.45, 2.75) is 12.6 Å². The zero-order valence-corrected chi connectivity index (χ0v) is 15.0. The van der Waals surface area contributed by atoms with Crippen molar-refractivity contribution in [1.82, 2.24) is 10.2 Å². The van der Waals surface area contributed by atoms with Crippen LogP contribution in [0.15, 0.2) is 60.7 Å². The van der Waals surface area contributed by atoms with Crippen LogP contribution in [-0.2, 0) is 20.9 Å². The number of amides is 1. The van der Waals surface area contributed by atoms with Crippen LogP contribution in [0.25, 0.3) is 0 Å². The minimum absolute atomic E-state index is 0.0690. The first-order valence-electron chi connectivity index (χ1n) is 9.08. The van der Waals surface area contributed by atoms with Gasteiger partial charge in [0.15, 0.2) is 0 Å². The summed E-state index contributed by atoms with van der Waals surface area (Å²) in [5.41, 5.74) is 2.27. The van der Waals surface area contributed by atoms with E-state index in [1.54, 1.807) is 0 Å². The molecule has 2 aromatic carbocycles. The lowest BCUT2D eigenvalue weighted by molar-refractivity contribution is -0.126. The monoisotopic (exact) mass is 354 g/mol. The third-order valence-corrected chi connectivity index (χ3v) is 4.51. The number of morpholine rings is 1. The molecule has 138 valence electrons. The Hall–Kier alpha value is -2.21. The number of benzene rings is 2. The van der Waals surface area contributed by atoms with Gasteiger partial charge in [-0.15, -0.1) is 0 Å². The number of nitrogens with zero attached hydrogens (tertiary/aromatic N) is 1. The van der Waals surface area contributed by atoms with Crippen LogP contribution in [-0.4, -0.2) is 50.3 Å². The van der Waals surface area contributed by atoms with Crippen molar-refractivity contribution >= 4 is 5.91 Å². The van der Waals surface area contributed by atoms with Crippen LogP contribution in [0.4, 0.5) is 0 Å². The van der Waals surface area contributed by atoms with E-state index in [9.17, 15) is 4.79 Å². The highest BCUT2D eigenvalue weighted by molar-refractivity contribution is 5.77. The van der Waals surface area contributed by atoms with Crippen LogP contribution in [0.5, 0.6) is 0 Å². The largest absolute Gasteiger partial charge is 0.379 e. The second-order valence-corrected chi connectivity index (χ2v) is 6.36. The van der Waals surface area contributed by atoms with Gasteiger partial charge in [-0.05, 0) is 11.1 Å². The molecule has 1 amide bonds. The molecule has 3 rings (SSSR count). The maximum absolute atomic E-state index is 12.2. The fourth-order valence-corrected chi connectivity index (χ4v) is 3.12. The first kappa shape index (κ1) is 18.6. The summed E-state index contributed by atoms with van der Waals surface area (Å²) in [4.78, 5) is 14.5. The molecule has 5 nitrogen and oxygen atoms in total. The van der Waals surface area contributed by atoms with Crippen molar-refractivity contribution in [2.24, 2.45) is 0 Å². The minimum atomic E-state index is -0.0879. The second-order valence-electron chi connectivity index (χ2n) is 6.36. The molecule has 2 aromatic rings. The molecule has 1 unspecified atom stereocenters. The molecule has 0 aliphatic carbocycles. The summed E-state index contributed by atoms with van der Waals surface area (Å²) >= 11 is 0. The van der Waals surface area contributed by atoms with E-state index in [0.29, 0.717) is 13.2 Å². The number of nitrogens with one attached hydrogen (secondary N) is 1. The van der Waals surface area contributed by atoms with Gasteiger partial charge >= 0.3 is 0 Å². The molecular weight excluding hydrogens is 328 g/mol. The molecule has 5 heteroatoms. The topological polar surface area (TPSA) is 50.8 Å². The first-order valence-corrected chi connectivity index (χ1v) is 9.08. The summed E-state index contributed by atoms with van der Waals surface area (Å²) in [6.07, 6.45) is 0. The third-order valence-electron chi connectivity index (χ3n) is 4.51. The zero-order chi connectivity index (χ0) is 18.0. The van der Waals surface area contributed by atoms with Gasteiger partial charge in [0, 0.05) is 19.6 Å². The highest BCUT2D eigenvalue weighted by atomic mass is 16.5. The van der Waals surface area contributed by atoms with E-state index in [1.807, 2.05) is 48.5 Å². The van der Waals surface area contributed by atoms with Gasteiger partial charge in [-0.2, -0.15) is 0 Å². The average molecular weight is 354 g/mol. The van der Waals surface area contributed by atoms with Crippen LogP contribution < -0.4 is 5.32 Å². The van der Waals surface area contributed by atoms with Crippen molar-refractivity contribution in [3.05, 3.63) is 71.8 Å². The van der Waals surface area contributed by atoms with Gasteiger partial charge in [-0.3, -0.25) is 9.69 Å².